The number of phenols is 1. The summed E-state index contributed by atoms with van der Waals surface area (Å²) in [4.78, 5) is 25.3. The first-order valence-electron chi connectivity index (χ1n) is 16.0. The van der Waals surface area contributed by atoms with Crippen molar-refractivity contribution in [3.05, 3.63) is 53.1 Å². The Labute approximate surface area is 261 Å². The molecule has 0 spiro atoms. The highest BCUT2D eigenvalue weighted by Gasteiger charge is 2.50. The molecule has 3 aromatic rings. The third-order valence-electron chi connectivity index (χ3n) is 10.9. The smallest absolute Gasteiger partial charge is 0.407 e. The number of carbonyl (C=O) groups is 1. The second-order valence-corrected chi connectivity index (χ2v) is 13.4. The molecule has 2 bridgehead atoms. The minimum atomic E-state index is -0.886. The number of ether oxygens (including phenoxy) is 1. The summed E-state index contributed by atoms with van der Waals surface area (Å²) in [6, 6.07) is 13.7. The maximum Gasteiger partial charge on any atom is 0.407 e. The maximum atomic E-state index is 14.6. The van der Waals surface area contributed by atoms with Crippen molar-refractivity contribution in [2.45, 2.75) is 68.9 Å². The standard InChI is InChI=1S/C34H37FN6O4/c35-22-14-34(9-3-10-40(34)16-22)20-45-32-28(15-36)29-19-38(30-13-25(42)12-21-4-1-2-5-26(21)30)11-8-27(29)31(37-32)39-17-23-6-7-24(18-39)41(23)33(43)44/h1-2,4-5,12-13,22-24,42H,3,6-11,14,16-20H2,(H,43,44)/t22-,23?,24?,34?/m1/s1. The lowest BCUT2D eigenvalue weighted by atomic mass is 9.93. The third kappa shape index (κ3) is 4.60. The molecule has 2 aromatic carbocycles. The quantitative estimate of drug-likeness (QED) is 0.424. The zero-order chi connectivity index (χ0) is 30.9. The number of anilines is 2. The molecular weight excluding hydrogens is 575 g/mol. The fourth-order valence-corrected chi connectivity index (χ4v) is 8.85. The second kappa shape index (κ2) is 10.7. The summed E-state index contributed by atoms with van der Waals surface area (Å²) in [5.74, 6) is 1.21. The number of alkyl halides is 1. The van der Waals surface area contributed by atoms with Crippen molar-refractivity contribution in [3.63, 3.8) is 0 Å². The van der Waals surface area contributed by atoms with Crippen LogP contribution in [0.25, 0.3) is 10.8 Å². The Bertz CT molecular complexity index is 1710. The van der Waals surface area contributed by atoms with E-state index < -0.39 is 12.3 Å². The number of hydrogen-bond donors (Lipinski definition) is 2. The normalized spacial score (nSPS) is 27.5. The molecule has 4 fully saturated rings. The molecule has 1 aromatic heterocycles. The van der Waals surface area contributed by atoms with Crippen molar-refractivity contribution in [1.29, 1.82) is 5.26 Å². The van der Waals surface area contributed by atoms with E-state index in [1.54, 1.807) is 17.0 Å². The van der Waals surface area contributed by atoms with Crippen molar-refractivity contribution < 1.29 is 24.1 Å². The van der Waals surface area contributed by atoms with Crippen LogP contribution in [0.5, 0.6) is 11.6 Å². The highest BCUT2D eigenvalue weighted by Crippen LogP contribution is 2.43. The molecule has 0 saturated carbocycles. The lowest BCUT2D eigenvalue weighted by Crippen LogP contribution is -2.56. The number of nitrogens with zero attached hydrogens (tertiary/aromatic N) is 6. The van der Waals surface area contributed by atoms with Gasteiger partial charge in [0.25, 0.3) is 0 Å². The van der Waals surface area contributed by atoms with Crippen LogP contribution in [0.4, 0.5) is 20.7 Å². The number of piperazine rings is 1. The number of phenolic OH excluding ortho intramolecular Hbond substituents is 1. The highest BCUT2D eigenvalue weighted by atomic mass is 19.1. The lowest BCUT2D eigenvalue weighted by molar-refractivity contribution is 0.110. The fraction of sp³-hybridized carbons (Fsp3) is 0.500. The number of rotatable bonds is 5. The number of fused-ring (bicyclic) bond motifs is 5. The summed E-state index contributed by atoms with van der Waals surface area (Å²) in [6.45, 7) is 3.71. The number of halogens is 1. The van der Waals surface area contributed by atoms with Crippen molar-refractivity contribution >= 4 is 28.4 Å². The first kappa shape index (κ1) is 28.2. The van der Waals surface area contributed by atoms with Crippen LogP contribution in [0, 0.1) is 11.3 Å². The van der Waals surface area contributed by atoms with E-state index in [4.69, 9.17) is 9.72 Å². The molecule has 4 atom stereocenters. The van der Waals surface area contributed by atoms with E-state index in [1.165, 1.54) is 0 Å². The minimum absolute atomic E-state index is 0.108. The number of carboxylic acid groups (broad SMARTS) is 1. The Hall–Kier alpha value is -4.30. The van der Waals surface area contributed by atoms with E-state index in [9.17, 15) is 24.7 Å². The number of aromatic nitrogens is 1. The molecule has 4 saturated heterocycles. The van der Waals surface area contributed by atoms with Crippen LogP contribution in [-0.2, 0) is 13.0 Å². The van der Waals surface area contributed by atoms with Crippen LogP contribution >= 0.6 is 0 Å². The average molecular weight is 613 g/mol. The van der Waals surface area contributed by atoms with Gasteiger partial charge in [0.15, 0.2) is 0 Å². The van der Waals surface area contributed by atoms with E-state index in [2.05, 4.69) is 20.8 Å². The van der Waals surface area contributed by atoms with E-state index in [0.29, 0.717) is 51.1 Å². The van der Waals surface area contributed by atoms with Crippen LogP contribution in [0.2, 0.25) is 0 Å². The minimum Gasteiger partial charge on any atom is -0.508 e. The zero-order valence-corrected chi connectivity index (χ0v) is 25.2. The second-order valence-electron chi connectivity index (χ2n) is 13.4. The first-order chi connectivity index (χ1) is 21.8. The lowest BCUT2D eigenvalue weighted by Gasteiger charge is -2.42. The number of nitriles is 1. The van der Waals surface area contributed by atoms with Gasteiger partial charge < -0.3 is 24.7 Å². The Kier molecular flexibility index (Phi) is 6.68. The third-order valence-corrected chi connectivity index (χ3v) is 10.9. The topological polar surface area (TPSA) is 116 Å². The number of aromatic hydroxyl groups is 1. The molecule has 2 N–H and O–H groups in total. The van der Waals surface area contributed by atoms with Gasteiger partial charge >= 0.3 is 6.09 Å². The molecule has 10 nitrogen and oxygen atoms in total. The summed E-state index contributed by atoms with van der Waals surface area (Å²) in [7, 11) is 0. The predicted molar refractivity (Wildman–Crippen MR) is 167 cm³/mol. The molecule has 6 heterocycles. The van der Waals surface area contributed by atoms with E-state index in [0.717, 1.165) is 65.6 Å². The molecule has 1 amide bonds. The molecule has 0 radical (unpaired) electrons. The molecule has 234 valence electrons. The van der Waals surface area contributed by atoms with Gasteiger partial charge in [-0.1, -0.05) is 24.3 Å². The summed E-state index contributed by atoms with van der Waals surface area (Å²) in [6.07, 6.45) is 2.77. The average Bonchev–Trinajstić information content (AvgIpc) is 3.65. The van der Waals surface area contributed by atoms with E-state index in [-0.39, 0.29) is 35.9 Å². The number of pyridine rings is 1. The van der Waals surface area contributed by atoms with Crippen LogP contribution < -0.4 is 14.5 Å². The first-order valence-corrected chi connectivity index (χ1v) is 16.0. The molecular formula is C34H37FN6O4. The molecule has 0 aliphatic carbocycles. The summed E-state index contributed by atoms with van der Waals surface area (Å²) < 4.78 is 21.1. The summed E-state index contributed by atoms with van der Waals surface area (Å²) in [5.41, 5.74) is 2.75. The summed E-state index contributed by atoms with van der Waals surface area (Å²) in [5, 5.41) is 33.0. The van der Waals surface area contributed by atoms with Gasteiger partial charge in [-0.3, -0.25) is 9.80 Å². The molecule has 3 unspecified atom stereocenters. The van der Waals surface area contributed by atoms with Gasteiger partial charge in [-0.2, -0.15) is 10.2 Å². The molecule has 45 heavy (non-hydrogen) atoms. The largest absolute Gasteiger partial charge is 0.508 e. The van der Waals surface area contributed by atoms with Gasteiger partial charge in [0.1, 0.15) is 36.0 Å². The SMILES string of the molecule is N#Cc1c(OCC23CCCN2C[C@H](F)C3)nc(N2CC3CCC(C2)N3C(=O)O)c2c1CN(c1cc(O)cc3ccccc13)CC2. The van der Waals surface area contributed by atoms with E-state index in [1.807, 2.05) is 24.3 Å². The molecule has 5 aliphatic rings. The van der Waals surface area contributed by atoms with Crippen molar-refractivity contribution in [2.24, 2.45) is 0 Å². The van der Waals surface area contributed by atoms with Gasteiger partial charge in [0.05, 0.1) is 17.6 Å². The van der Waals surface area contributed by atoms with Crippen molar-refractivity contribution in [1.82, 2.24) is 14.8 Å². The Balaban J connectivity index is 1.19. The van der Waals surface area contributed by atoms with Crippen LogP contribution in [0.3, 0.4) is 0 Å². The van der Waals surface area contributed by atoms with Gasteiger partial charge in [-0.15, -0.1) is 0 Å². The van der Waals surface area contributed by atoms with Gasteiger partial charge in [-0.05, 0) is 50.1 Å². The number of benzene rings is 2. The summed E-state index contributed by atoms with van der Waals surface area (Å²) >= 11 is 0. The van der Waals surface area contributed by atoms with Gasteiger partial charge in [0, 0.05) is 67.4 Å². The van der Waals surface area contributed by atoms with Crippen molar-refractivity contribution in [3.8, 4) is 17.7 Å². The number of amides is 1. The molecule has 11 heteroatoms. The molecule has 5 aliphatic heterocycles. The number of hydrogen-bond acceptors (Lipinski definition) is 8. The van der Waals surface area contributed by atoms with E-state index >= 15 is 0 Å². The Morgan fingerprint density at radius 1 is 1.11 bits per heavy atom. The Morgan fingerprint density at radius 2 is 1.91 bits per heavy atom. The predicted octanol–water partition coefficient (Wildman–Crippen LogP) is 4.66. The monoisotopic (exact) mass is 612 g/mol. The fourth-order valence-electron chi connectivity index (χ4n) is 8.85. The van der Waals surface area contributed by atoms with Crippen LogP contribution in [-0.4, -0.2) is 94.2 Å². The van der Waals surface area contributed by atoms with Gasteiger partial charge in [-0.25, -0.2) is 9.18 Å². The van der Waals surface area contributed by atoms with Gasteiger partial charge in [0.2, 0.25) is 5.88 Å². The highest BCUT2D eigenvalue weighted by molar-refractivity contribution is 5.95. The maximum absolute atomic E-state index is 14.6. The Morgan fingerprint density at radius 3 is 2.69 bits per heavy atom. The molecule has 8 rings (SSSR count). The van der Waals surface area contributed by atoms with Crippen LogP contribution in [0.1, 0.15) is 48.8 Å². The van der Waals surface area contributed by atoms with Crippen LogP contribution in [0.15, 0.2) is 36.4 Å². The van der Waals surface area contributed by atoms with Crippen molar-refractivity contribution in [2.75, 3.05) is 49.1 Å². The zero-order valence-electron chi connectivity index (χ0n) is 25.2.